The lowest BCUT2D eigenvalue weighted by molar-refractivity contribution is -0.132. The van der Waals surface area contributed by atoms with E-state index in [1.54, 1.807) is 13.3 Å². The number of ether oxygens (including phenoxy) is 1. The van der Waals surface area contributed by atoms with Crippen molar-refractivity contribution in [2.45, 2.75) is 31.6 Å². The maximum Gasteiger partial charge on any atom is 0.235 e. The summed E-state index contributed by atoms with van der Waals surface area (Å²) in [7, 11) is 1.59. The SMILES string of the molecule is COc1nc2ccccc2nc1CCC(=O)N1CCCC(c2ccn[nH]2)C1. The van der Waals surface area contributed by atoms with Gasteiger partial charge in [-0.15, -0.1) is 0 Å². The predicted octanol–water partition coefficient (Wildman–Crippen LogP) is 2.70. The fourth-order valence-corrected chi connectivity index (χ4v) is 3.68. The second-order valence-electron chi connectivity index (χ2n) is 6.86. The van der Waals surface area contributed by atoms with Gasteiger partial charge in [0.25, 0.3) is 0 Å². The molecule has 1 unspecified atom stereocenters. The van der Waals surface area contributed by atoms with Crippen LogP contribution in [0, 0.1) is 0 Å². The summed E-state index contributed by atoms with van der Waals surface area (Å²) in [5, 5.41) is 7.06. The molecule has 1 atom stereocenters. The number of nitrogens with one attached hydrogen (secondary N) is 1. The Morgan fingerprint density at radius 1 is 1.26 bits per heavy atom. The zero-order chi connectivity index (χ0) is 18.6. The number of nitrogens with zero attached hydrogens (tertiary/aromatic N) is 4. The maximum absolute atomic E-state index is 12.8. The van der Waals surface area contributed by atoms with Gasteiger partial charge in [0.1, 0.15) is 5.69 Å². The van der Waals surface area contributed by atoms with Gasteiger partial charge in [-0.2, -0.15) is 5.10 Å². The lowest BCUT2D eigenvalue weighted by Gasteiger charge is -2.32. The number of fused-ring (bicyclic) bond motifs is 1. The molecular formula is C20H23N5O2. The second kappa shape index (κ2) is 7.73. The molecule has 0 saturated carbocycles. The van der Waals surface area contributed by atoms with Crippen LogP contribution in [0.2, 0.25) is 0 Å². The Kier molecular flexibility index (Phi) is 5.00. The van der Waals surface area contributed by atoms with Gasteiger partial charge in [0, 0.05) is 43.7 Å². The molecule has 1 aromatic carbocycles. The Hall–Kier alpha value is -2.96. The van der Waals surface area contributed by atoms with E-state index in [-0.39, 0.29) is 5.91 Å². The van der Waals surface area contributed by atoms with E-state index >= 15 is 0 Å². The Bertz CT molecular complexity index is 925. The Morgan fingerprint density at radius 2 is 2.07 bits per heavy atom. The molecule has 27 heavy (non-hydrogen) atoms. The highest BCUT2D eigenvalue weighted by Crippen LogP contribution is 2.26. The fourth-order valence-electron chi connectivity index (χ4n) is 3.68. The minimum Gasteiger partial charge on any atom is -0.480 e. The van der Waals surface area contributed by atoms with Gasteiger partial charge in [-0.1, -0.05) is 12.1 Å². The lowest BCUT2D eigenvalue weighted by atomic mass is 9.94. The smallest absolute Gasteiger partial charge is 0.235 e. The minimum atomic E-state index is 0.149. The van der Waals surface area contributed by atoms with Gasteiger partial charge in [-0.05, 0) is 31.0 Å². The van der Waals surface area contributed by atoms with Crippen molar-refractivity contribution >= 4 is 16.9 Å². The number of aromatic nitrogens is 4. The quantitative estimate of drug-likeness (QED) is 0.751. The van der Waals surface area contributed by atoms with Crippen LogP contribution in [0.1, 0.15) is 36.6 Å². The number of rotatable bonds is 5. The van der Waals surface area contributed by atoms with E-state index in [9.17, 15) is 4.79 Å². The van der Waals surface area contributed by atoms with E-state index in [0.29, 0.717) is 24.6 Å². The average molecular weight is 365 g/mol. The number of H-pyrrole nitrogens is 1. The monoisotopic (exact) mass is 365 g/mol. The summed E-state index contributed by atoms with van der Waals surface area (Å²) < 4.78 is 5.39. The van der Waals surface area contributed by atoms with Gasteiger partial charge in [-0.3, -0.25) is 9.89 Å². The maximum atomic E-state index is 12.8. The number of aromatic amines is 1. The Labute approximate surface area is 157 Å². The number of methoxy groups -OCH3 is 1. The highest BCUT2D eigenvalue weighted by atomic mass is 16.5. The van der Waals surface area contributed by atoms with E-state index < -0.39 is 0 Å². The summed E-state index contributed by atoms with van der Waals surface area (Å²) in [5.74, 6) is 0.979. The number of hydrogen-bond donors (Lipinski definition) is 1. The second-order valence-corrected chi connectivity index (χ2v) is 6.86. The zero-order valence-corrected chi connectivity index (χ0v) is 15.4. The van der Waals surface area contributed by atoms with Crippen molar-refractivity contribution in [2.24, 2.45) is 0 Å². The van der Waals surface area contributed by atoms with Crippen LogP contribution in [-0.2, 0) is 11.2 Å². The molecule has 1 aliphatic rings. The summed E-state index contributed by atoms with van der Waals surface area (Å²) in [6.45, 7) is 1.55. The van der Waals surface area contributed by atoms with E-state index in [4.69, 9.17) is 4.74 Å². The molecule has 1 amide bonds. The molecule has 1 fully saturated rings. The van der Waals surface area contributed by atoms with Gasteiger partial charge in [0.05, 0.1) is 18.1 Å². The van der Waals surface area contributed by atoms with Gasteiger partial charge in [0.2, 0.25) is 11.8 Å². The Balaban J connectivity index is 1.43. The number of piperidine rings is 1. The molecule has 7 nitrogen and oxygen atoms in total. The molecule has 140 valence electrons. The van der Waals surface area contributed by atoms with Crippen molar-refractivity contribution in [3.05, 3.63) is 47.9 Å². The first-order valence-electron chi connectivity index (χ1n) is 9.31. The lowest BCUT2D eigenvalue weighted by Crippen LogP contribution is -2.39. The fraction of sp³-hybridized carbons (Fsp3) is 0.400. The van der Waals surface area contributed by atoms with Crippen molar-refractivity contribution in [1.82, 2.24) is 25.1 Å². The molecule has 0 radical (unpaired) electrons. The molecule has 7 heteroatoms. The van der Waals surface area contributed by atoms with E-state index in [1.807, 2.05) is 35.2 Å². The van der Waals surface area contributed by atoms with Crippen LogP contribution < -0.4 is 4.74 Å². The summed E-state index contributed by atoms with van der Waals surface area (Å²) >= 11 is 0. The largest absolute Gasteiger partial charge is 0.480 e. The summed E-state index contributed by atoms with van der Waals surface area (Å²) in [4.78, 5) is 23.9. The summed E-state index contributed by atoms with van der Waals surface area (Å²) in [6, 6.07) is 9.68. The molecule has 1 N–H and O–H groups in total. The highest BCUT2D eigenvalue weighted by Gasteiger charge is 2.25. The van der Waals surface area contributed by atoms with E-state index in [1.165, 1.54) is 0 Å². The van der Waals surface area contributed by atoms with Crippen LogP contribution in [0.15, 0.2) is 36.5 Å². The normalized spacial score (nSPS) is 17.2. The number of benzene rings is 1. The number of hydrogen-bond acceptors (Lipinski definition) is 5. The Morgan fingerprint density at radius 3 is 2.81 bits per heavy atom. The predicted molar refractivity (Wildman–Crippen MR) is 102 cm³/mol. The van der Waals surface area contributed by atoms with Crippen LogP contribution in [0.3, 0.4) is 0 Å². The minimum absolute atomic E-state index is 0.149. The molecule has 2 aromatic heterocycles. The van der Waals surface area contributed by atoms with Crippen LogP contribution in [0.5, 0.6) is 5.88 Å². The molecule has 3 aromatic rings. The zero-order valence-electron chi connectivity index (χ0n) is 15.4. The number of aryl methyl sites for hydroxylation is 1. The molecule has 0 aliphatic carbocycles. The van der Waals surface area contributed by atoms with Crippen LogP contribution >= 0.6 is 0 Å². The van der Waals surface area contributed by atoms with E-state index in [2.05, 4.69) is 20.2 Å². The third kappa shape index (κ3) is 3.77. The van der Waals surface area contributed by atoms with Crippen LogP contribution in [0.4, 0.5) is 0 Å². The van der Waals surface area contributed by atoms with Gasteiger partial charge in [-0.25, -0.2) is 9.97 Å². The van der Waals surface area contributed by atoms with E-state index in [0.717, 1.165) is 48.4 Å². The average Bonchev–Trinajstić information content (AvgIpc) is 3.26. The third-order valence-corrected chi connectivity index (χ3v) is 5.11. The first-order valence-corrected chi connectivity index (χ1v) is 9.31. The topological polar surface area (TPSA) is 84.0 Å². The van der Waals surface area contributed by atoms with Gasteiger partial charge >= 0.3 is 0 Å². The standard InChI is InChI=1S/C20H23N5O2/c1-27-20-18(22-16-6-2-3-7-17(16)23-20)8-9-19(26)25-12-4-5-14(13-25)15-10-11-21-24-15/h2-3,6-7,10-11,14H,4-5,8-9,12-13H2,1H3,(H,21,24). The number of carbonyl (C=O) groups excluding carboxylic acids is 1. The van der Waals surface area contributed by atoms with Crippen molar-refractivity contribution in [3.63, 3.8) is 0 Å². The molecule has 4 rings (SSSR count). The van der Waals surface area contributed by atoms with Crippen molar-refractivity contribution in [3.8, 4) is 5.88 Å². The number of likely N-dealkylation sites (tertiary alicyclic amines) is 1. The third-order valence-electron chi connectivity index (χ3n) is 5.11. The van der Waals surface area contributed by atoms with Crippen molar-refractivity contribution in [2.75, 3.05) is 20.2 Å². The molecule has 1 saturated heterocycles. The highest BCUT2D eigenvalue weighted by molar-refractivity contribution is 5.77. The molecule has 0 spiro atoms. The van der Waals surface area contributed by atoms with Crippen LogP contribution in [-0.4, -0.2) is 51.2 Å². The number of para-hydroxylation sites is 2. The van der Waals surface area contributed by atoms with Crippen LogP contribution in [0.25, 0.3) is 11.0 Å². The van der Waals surface area contributed by atoms with Gasteiger partial charge in [0.15, 0.2) is 0 Å². The van der Waals surface area contributed by atoms with Crippen molar-refractivity contribution in [1.29, 1.82) is 0 Å². The molecule has 0 bridgehead atoms. The molecule has 1 aliphatic heterocycles. The summed E-state index contributed by atoms with van der Waals surface area (Å²) in [5.41, 5.74) is 3.45. The number of amides is 1. The van der Waals surface area contributed by atoms with Gasteiger partial charge < -0.3 is 9.64 Å². The van der Waals surface area contributed by atoms with Crippen molar-refractivity contribution < 1.29 is 9.53 Å². The number of carbonyl (C=O) groups is 1. The molecule has 3 heterocycles. The first-order chi connectivity index (χ1) is 13.2. The molecular weight excluding hydrogens is 342 g/mol. The first kappa shape index (κ1) is 17.5. The summed E-state index contributed by atoms with van der Waals surface area (Å²) in [6.07, 6.45) is 4.77.